The lowest BCUT2D eigenvalue weighted by Crippen LogP contribution is -2.22. The Labute approximate surface area is 196 Å². The maximum Gasteiger partial charge on any atom is 0.277 e. The van der Waals surface area contributed by atoms with Crippen LogP contribution in [-0.4, -0.2) is 24.5 Å². The van der Waals surface area contributed by atoms with Gasteiger partial charge in [0.05, 0.1) is 17.6 Å². The van der Waals surface area contributed by atoms with Crippen LogP contribution in [-0.2, 0) is 12.0 Å². The van der Waals surface area contributed by atoms with Crippen molar-refractivity contribution in [3.63, 3.8) is 0 Å². The van der Waals surface area contributed by atoms with Gasteiger partial charge in [-0.1, -0.05) is 32.4 Å². The molecule has 0 aliphatic carbocycles. The number of hydrogen-bond acceptors (Lipinski definition) is 7. The second-order valence-electron chi connectivity index (χ2n) is 8.70. The zero-order valence-corrected chi connectivity index (χ0v) is 19.8. The smallest absolute Gasteiger partial charge is 0.277 e. The highest BCUT2D eigenvalue weighted by Crippen LogP contribution is 2.26. The Balaban J connectivity index is 1.69. The predicted octanol–water partition coefficient (Wildman–Crippen LogP) is 4.82. The van der Waals surface area contributed by atoms with Gasteiger partial charge in [0, 0.05) is 42.1 Å². The van der Waals surface area contributed by atoms with E-state index in [0.29, 0.717) is 23.0 Å². The monoisotopic (exact) mass is 465 g/mol. The van der Waals surface area contributed by atoms with Gasteiger partial charge in [0.15, 0.2) is 5.89 Å². The largest absolute Gasteiger partial charge is 0.485 e. The van der Waals surface area contributed by atoms with Crippen molar-refractivity contribution in [3.8, 4) is 22.7 Å². The third kappa shape index (κ3) is 4.80. The first-order chi connectivity index (χ1) is 15.6. The molecule has 4 heterocycles. The summed E-state index contributed by atoms with van der Waals surface area (Å²) in [7, 11) is 0. The lowest BCUT2D eigenvalue weighted by molar-refractivity contribution is 0.300. The molecule has 4 rings (SSSR count). The fourth-order valence-corrected chi connectivity index (χ4v) is 3.50. The van der Waals surface area contributed by atoms with E-state index >= 15 is 0 Å². The number of pyridine rings is 2. The van der Waals surface area contributed by atoms with Gasteiger partial charge in [-0.15, -0.1) is 0 Å². The van der Waals surface area contributed by atoms with Gasteiger partial charge in [0.25, 0.3) is 5.56 Å². The summed E-state index contributed by atoms with van der Waals surface area (Å²) in [6, 6.07) is 5.39. The summed E-state index contributed by atoms with van der Waals surface area (Å²) >= 11 is 6.38. The minimum absolute atomic E-state index is 0.0247. The van der Waals surface area contributed by atoms with Crippen molar-refractivity contribution in [1.29, 1.82) is 0 Å². The van der Waals surface area contributed by atoms with Gasteiger partial charge in [-0.05, 0) is 19.1 Å². The molecule has 0 unspecified atom stereocenters. The van der Waals surface area contributed by atoms with Crippen molar-refractivity contribution in [3.05, 3.63) is 81.5 Å². The molecule has 33 heavy (non-hydrogen) atoms. The van der Waals surface area contributed by atoms with Crippen LogP contribution in [0.15, 0.2) is 52.3 Å². The second kappa shape index (κ2) is 8.78. The highest BCUT2D eigenvalue weighted by atomic mass is 35.5. The molecular formula is C24H24ClN5O3. The van der Waals surface area contributed by atoms with Crippen molar-refractivity contribution in [1.82, 2.24) is 24.5 Å². The molecule has 0 aliphatic heterocycles. The highest BCUT2D eigenvalue weighted by Gasteiger charge is 2.19. The highest BCUT2D eigenvalue weighted by molar-refractivity contribution is 6.31. The molecule has 0 spiro atoms. The van der Waals surface area contributed by atoms with E-state index in [0.717, 1.165) is 17.1 Å². The van der Waals surface area contributed by atoms with Gasteiger partial charge in [0.1, 0.15) is 35.2 Å². The van der Waals surface area contributed by atoms with Gasteiger partial charge < -0.3 is 9.15 Å². The Bertz CT molecular complexity index is 1370. The standard InChI is InChI=1S/C24H24ClN5O3/c1-14-8-20(33-13-17-12-32-15(2)28-17)21(25)22(31)30(14)18-9-16(10-26-11-18)19-6-7-27-23(29-19)24(3,4)5/h6-12H,13H2,1-5H3. The number of nitrogens with zero attached hydrogens (tertiary/aromatic N) is 5. The number of oxazole rings is 1. The summed E-state index contributed by atoms with van der Waals surface area (Å²) in [5.74, 6) is 1.55. The first kappa shape index (κ1) is 22.7. The summed E-state index contributed by atoms with van der Waals surface area (Å²) in [5.41, 5.74) is 2.73. The summed E-state index contributed by atoms with van der Waals surface area (Å²) in [6.07, 6.45) is 6.55. The number of halogens is 1. The van der Waals surface area contributed by atoms with Crippen LogP contribution in [0.3, 0.4) is 0 Å². The molecule has 0 bridgehead atoms. The predicted molar refractivity (Wildman–Crippen MR) is 125 cm³/mol. The molecule has 4 aromatic heterocycles. The normalized spacial score (nSPS) is 11.6. The van der Waals surface area contributed by atoms with Gasteiger partial charge >= 0.3 is 0 Å². The number of aryl methyl sites for hydroxylation is 2. The van der Waals surface area contributed by atoms with Crippen LogP contribution in [0.4, 0.5) is 0 Å². The molecule has 0 saturated carbocycles. The Morgan fingerprint density at radius 2 is 1.94 bits per heavy atom. The minimum Gasteiger partial charge on any atom is -0.485 e. The van der Waals surface area contributed by atoms with Gasteiger partial charge in [-0.3, -0.25) is 14.3 Å². The number of aromatic nitrogens is 5. The summed E-state index contributed by atoms with van der Waals surface area (Å²) in [5, 5.41) is -0.0247. The Morgan fingerprint density at radius 3 is 2.64 bits per heavy atom. The average Bonchev–Trinajstić information content (AvgIpc) is 3.20. The van der Waals surface area contributed by atoms with Crippen LogP contribution in [0, 0.1) is 13.8 Å². The molecule has 0 amide bonds. The molecule has 0 saturated heterocycles. The van der Waals surface area contributed by atoms with Crippen molar-refractivity contribution < 1.29 is 9.15 Å². The molecule has 8 nitrogen and oxygen atoms in total. The van der Waals surface area contributed by atoms with Crippen LogP contribution in [0.5, 0.6) is 5.75 Å². The van der Waals surface area contributed by atoms with Crippen molar-refractivity contribution in [2.75, 3.05) is 0 Å². The van der Waals surface area contributed by atoms with E-state index in [4.69, 9.17) is 20.8 Å². The molecule has 170 valence electrons. The molecule has 0 fully saturated rings. The average molecular weight is 466 g/mol. The third-order valence-corrected chi connectivity index (χ3v) is 5.29. The lowest BCUT2D eigenvalue weighted by Gasteiger charge is -2.17. The molecule has 0 N–H and O–H groups in total. The molecule has 0 aromatic carbocycles. The van der Waals surface area contributed by atoms with Crippen LogP contribution in [0.2, 0.25) is 5.02 Å². The van der Waals surface area contributed by atoms with E-state index in [1.54, 1.807) is 38.5 Å². The SMILES string of the molecule is Cc1nc(COc2cc(C)n(-c3cncc(-c4ccnc(C(C)(C)C)n4)c3)c(=O)c2Cl)co1. The maximum absolute atomic E-state index is 13.1. The van der Waals surface area contributed by atoms with E-state index in [9.17, 15) is 4.79 Å². The van der Waals surface area contributed by atoms with E-state index in [1.807, 2.05) is 12.1 Å². The van der Waals surface area contributed by atoms with Gasteiger partial charge in [-0.2, -0.15) is 0 Å². The van der Waals surface area contributed by atoms with E-state index in [2.05, 4.69) is 40.7 Å². The molecular weight excluding hydrogens is 442 g/mol. The molecule has 4 aromatic rings. The van der Waals surface area contributed by atoms with Crippen molar-refractivity contribution in [2.24, 2.45) is 0 Å². The number of rotatable bonds is 5. The van der Waals surface area contributed by atoms with Crippen molar-refractivity contribution in [2.45, 2.75) is 46.6 Å². The van der Waals surface area contributed by atoms with E-state index in [-0.39, 0.29) is 22.8 Å². The zero-order chi connectivity index (χ0) is 23.8. The maximum atomic E-state index is 13.1. The van der Waals surface area contributed by atoms with Gasteiger partial charge in [0.2, 0.25) is 0 Å². The first-order valence-electron chi connectivity index (χ1n) is 10.4. The lowest BCUT2D eigenvalue weighted by atomic mass is 9.95. The fourth-order valence-electron chi connectivity index (χ4n) is 3.30. The van der Waals surface area contributed by atoms with E-state index < -0.39 is 5.56 Å². The topological polar surface area (TPSA) is 95.9 Å². The third-order valence-electron chi connectivity index (χ3n) is 4.95. The zero-order valence-electron chi connectivity index (χ0n) is 19.1. The number of hydrogen-bond donors (Lipinski definition) is 0. The van der Waals surface area contributed by atoms with Crippen LogP contribution in [0.25, 0.3) is 16.9 Å². The molecule has 0 aliphatic rings. The molecule has 0 radical (unpaired) electrons. The minimum atomic E-state index is -0.403. The van der Waals surface area contributed by atoms with E-state index in [1.165, 1.54) is 10.8 Å². The quantitative estimate of drug-likeness (QED) is 0.416. The Hall–Kier alpha value is -3.52. The van der Waals surface area contributed by atoms with Crippen LogP contribution >= 0.6 is 11.6 Å². The summed E-state index contributed by atoms with van der Waals surface area (Å²) < 4.78 is 12.4. The summed E-state index contributed by atoms with van der Waals surface area (Å²) in [6.45, 7) is 9.85. The Kier molecular flexibility index (Phi) is 6.03. The van der Waals surface area contributed by atoms with Crippen LogP contribution in [0.1, 0.15) is 43.9 Å². The number of ether oxygens (including phenoxy) is 1. The van der Waals surface area contributed by atoms with Crippen LogP contribution < -0.4 is 10.3 Å². The van der Waals surface area contributed by atoms with Crippen molar-refractivity contribution >= 4 is 11.6 Å². The Morgan fingerprint density at radius 1 is 1.15 bits per heavy atom. The molecule has 9 heteroatoms. The fraction of sp³-hybridized carbons (Fsp3) is 0.292. The van der Waals surface area contributed by atoms with Gasteiger partial charge in [-0.25, -0.2) is 15.0 Å². The first-order valence-corrected chi connectivity index (χ1v) is 10.8. The molecule has 0 atom stereocenters. The summed E-state index contributed by atoms with van der Waals surface area (Å²) in [4.78, 5) is 30.7. The second-order valence-corrected chi connectivity index (χ2v) is 9.08.